The molecule has 0 bridgehead atoms. The van der Waals surface area contributed by atoms with Crippen molar-refractivity contribution >= 4 is 27.5 Å². The first-order valence-electron chi connectivity index (χ1n) is 5.52. The van der Waals surface area contributed by atoms with Crippen molar-refractivity contribution in [2.45, 2.75) is 13.3 Å². The molecule has 0 N–H and O–H groups in total. The Bertz CT molecular complexity index is 493. The van der Waals surface area contributed by atoms with Gasteiger partial charge in [0.15, 0.2) is 0 Å². The lowest BCUT2D eigenvalue weighted by molar-refractivity contribution is -0.117. The van der Waals surface area contributed by atoms with Gasteiger partial charge in [0.25, 0.3) is 0 Å². The predicted molar refractivity (Wildman–Crippen MR) is 70.1 cm³/mol. The summed E-state index contributed by atoms with van der Waals surface area (Å²) in [5.74, 6) is 0.511. The summed E-state index contributed by atoms with van der Waals surface area (Å²) in [7, 11) is 0. The van der Waals surface area contributed by atoms with Gasteiger partial charge in [-0.25, -0.2) is 0 Å². The molecule has 0 radical (unpaired) electrons. The molecule has 88 valence electrons. The molecule has 17 heavy (non-hydrogen) atoms. The van der Waals surface area contributed by atoms with E-state index in [0.717, 1.165) is 23.1 Å². The number of nitriles is 1. The molecule has 2 rings (SSSR count). The number of anilines is 1. The van der Waals surface area contributed by atoms with Gasteiger partial charge in [0.05, 0.1) is 11.6 Å². The fourth-order valence-corrected chi connectivity index (χ4v) is 2.47. The molecule has 1 unspecified atom stereocenters. The van der Waals surface area contributed by atoms with E-state index < -0.39 is 0 Å². The van der Waals surface area contributed by atoms with Crippen molar-refractivity contribution in [2.75, 3.05) is 16.8 Å². The molecule has 1 heterocycles. The lowest BCUT2D eigenvalue weighted by atomic mass is 10.1. The van der Waals surface area contributed by atoms with Gasteiger partial charge in [-0.05, 0) is 30.5 Å². The van der Waals surface area contributed by atoms with Crippen LogP contribution in [0.4, 0.5) is 5.69 Å². The molecular formula is C13H13BrN2O. The Labute approximate surface area is 109 Å². The van der Waals surface area contributed by atoms with E-state index >= 15 is 0 Å². The van der Waals surface area contributed by atoms with E-state index in [1.807, 2.05) is 19.1 Å². The normalized spacial score (nSPS) is 19.5. The van der Waals surface area contributed by atoms with Gasteiger partial charge in [-0.3, -0.25) is 4.79 Å². The first-order valence-corrected chi connectivity index (χ1v) is 6.65. The average molecular weight is 293 g/mol. The molecule has 1 aromatic rings. The molecule has 1 fully saturated rings. The van der Waals surface area contributed by atoms with E-state index in [1.54, 1.807) is 11.0 Å². The van der Waals surface area contributed by atoms with Crippen LogP contribution < -0.4 is 4.90 Å². The van der Waals surface area contributed by atoms with Crippen LogP contribution in [0.1, 0.15) is 17.5 Å². The summed E-state index contributed by atoms with van der Waals surface area (Å²) in [6.45, 7) is 2.63. The number of hydrogen-bond donors (Lipinski definition) is 0. The molecule has 1 aliphatic rings. The van der Waals surface area contributed by atoms with Crippen LogP contribution in [0, 0.1) is 24.2 Å². The van der Waals surface area contributed by atoms with E-state index in [0.29, 0.717) is 17.9 Å². The summed E-state index contributed by atoms with van der Waals surface area (Å²) in [6, 6.07) is 7.75. The topological polar surface area (TPSA) is 44.1 Å². The van der Waals surface area contributed by atoms with Gasteiger partial charge in [0.2, 0.25) is 5.91 Å². The number of halogens is 1. The van der Waals surface area contributed by atoms with Crippen molar-refractivity contribution in [1.82, 2.24) is 0 Å². The maximum Gasteiger partial charge on any atom is 0.227 e. The molecule has 0 saturated carbocycles. The molecule has 3 nitrogen and oxygen atoms in total. The van der Waals surface area contributed by atoms with Crippen molar-refractivity contribution < 1.29 is 4.79 Å². The third-order valence-corrected chi connectivity index (χ3v) is 3.99. The number of rotatable bonds is 2. The van der Waals surface area contributed by atoms with Crippen LogP contribution in [0.5, 0.6) is 0 Å². The fourth-order valence-electron chi connectivity index (χ4n) is 2.03. The Morgan fingerprint density at radius 1 is 1.59 bits per heavy atom. The van der Waals surface area contributed by atoms with Crippen LogP contribution >= 0.6 is 15.9 Å². The Hall–Kier alpha value is -1.34. The molecule has 0 spiro atoms. The van der Waals surface area contributed by atoms with Crippen LogP contribution in [0.15, 0.2) is 18.2 Å². The number of benzene rings is 1. The molecule has 4 heteroatoms. The maximum absolute atomic E-state index is 11.9. The highest BCUT2D eigenvalue weighted by Gasteiger charge is 2.29. The van der Waals surface area contributed by atoms with Crippen molar-refractivity contribution in [1.29, 1.82) is 5.26 Å². The summed E-state index contributed by atoms with van der Waals surface area (Å²) < 4.78 is 0. The van der Waals surface area contributed by atoms with Crippen molar-refractivity contribution in [3.63, 3.8) is 0 Å². The van der Waals surface area contributed by atoms with E-state index in [9.17, 15) is 4.79 Å². The average Bonchev–Trinajstić information content (AvgIpc) is 2.71. The molecule has 1 aliphatic heterocycles. The summed E-state index contributed by atoms with van der Waals surface area (Å²) in [4.78, 5) is 13.6. The number of aryl methyl sites for hydroxylation is 1. The van der Waals surface area contributed by atoms with Gasteiger partial charge in [0.1, 0.15) is 0 Å². The Morgan fingerprint density at radius 2 is 2.35 bits per heavy atom. The van der Waals surface area contributed by atoms with Gasteiger partial charge in [0, 0.05) is 24.0 Å². The number of amides is 1. The van der Waals surface area contributed by atoms with Gasteiger partial charge >= 0.3 is 0 Å². The van der Waals surface area contributed by atoms with Gasteiger partial charge in [-0.1, -0.05) is 22.0 Å². The highest BCUT2D eigenvalue weighted by atomic mass is 79.9. The number of nitrogens with zero attached hydrogens (tertiary/aromatic N) is 2. The quantitative estimate of drug-likeness (QED) is 0.787. The van der Waals surface area contributed by atoms with Crippen molar-refractivity contribution in [3.8, 4) is 6.07 Å². The largest absolute Gasteiger partial charge is 0.312 e. The van der Waals surface area contributed by atoms with Crippen LogP contribution in [0.2, 0.25) is 0 Å². The Balaban J connectivity index is 2.30. The molecule has 0 aromatic heterocycles. The second-order valence-corrected chi connectivity index (χ2v) is 4.99. The van der Waals surface area contributed by atoms with E-state index in [1.165, 1.54) is 0 Å². The summed E-state index contributed by atoms with van der Waals surface area (Å²) >= 11 is 3.41. The second-order valence-electron chi connectivity index (χ2n) is 4.34. The first-order chi connectivity index (χ1) is 8.15. The molecule has 0 aliphatic carbocycles. The zero-order chi connectivity index (χ0) is 12.4. The van der Waals surface area contributed by atoms with E-state index in [-0.39, 0.29) is 5.91 Å². The summed E-state index contributed by atoms with van der Waals surface area (Å²) in [5, 5.41) is 9.83. The van der Waals surface area contributed by atoms with Crippen molar-refractivity contribution in [3.05, 3.63) is 29.3 Å². The third-order valence-electron chi connectivity index (χ3n) is 3.08. The highest BCUT2D eigenvalue weighted by molar-refractivity contribution is 9.09. The van der Waals surface area contributed by atoms with Gasteiger partial charge in [-0.2, -0.15) is 5.26 Å². The third kappa shape index (κ3) is 2.34. The van der Waals surface area contributed by atoms with E-state index in [4.69, 9.17) is 5.26 Å². The number of hydrogen-bond acceptors (Lipinski definition) is 2. The number of carbonyl (C=O) groups is 1. The lowest BCUT2D eigenvalue weighted by Crippen LogP contribution is -2.24. The van der Waals surface area contributed by atoms with Crippen molar-refractivity contribution in [2.24, 2.45) is 5.92 Å². The molecule has 1 aromatic carbocycles. The smallest absolute Gasteiger partial charge is 0.227 e. The number of alkyl halides is 1. The van der Waals surface area contributed by atoms with Crippen LogP contribution in [-0.4, -0.2) is 17.8 Å². The zero-order valence-corrected chi connectivity index (χ0v) is 11.2. The molecule has 1 saturated heterocycles. The fraction of sp³-hybridized carbons (Fsp3) is 0.385. The van der Waals surface area contributed by atoms with Crippen LogP contribution in [0.25, 0.3) is 0 Å². The monoisotopic (exact) mass is 292 g/mol. The first kappa shape index (κ1) is 12.1. The van der Waals surface area contributed by atoms with Gasteiger partial charge in [-0.15, -0.1) is 0 Å². The summed E-state index contributed by atoms with van der Waals surface area (Å²) in [6.07, 6.45) is 0.584. The Morgan fingerprint density at radius 3 is 2.94 bits per heavy atom. The van der Waals surface area contributed by atoms with Crippen LogP contribution in [-0.2, 0) is 4.79 Å². The minimum Gasteiger partial charge on any atom is -0.312 e. The number of carbonyl (C=O) groups excluding carboxylic acids is 1. The Kier molecular flexibility index (Phi) is 3.49. The second kappa shape index (κ2) is 4.89. The molecule has 1 atom stereocenters. The summed E-state index contributed by atoms with van der Waals surface area (Å²) in [5.41, 5.74) is 2.41. The lowest BCUT2D eigenvalue weighted by Gasteiger charge is -2.17. The standard InChI is InChI=1S/C13H13BrN2O/c1-9-2-3-12(5-11(9)7-15)16-8-10(6-14)4-13(16)17/h2-3,5,10H,4,6,8H2,1H3. The highest BCUT2D eigenvalue weighted by Crippen LogP contribution is 2.27. The zero-order valence-electron chi connectivity index (χ0n) is 9.61. The predicted octanol–water partition coefficient (Wildman–Crippen LogP) is 2.61. The molecular weight excluding hydrogens is 280 g/mol. The minimum absolute atomic E-state index is 0.141. The van der Waals surface area contributed by atoms with Gasteiger partial charge < -0.3 is 4.90 Å². The van der Waals surface area contributed by atoms with Crippen LogP contribution in [0.3, 0.4) is 0 Å². The minimum atomic E-state index is 0.141. The molecule has 1 amide bonds. The van der Waals surface area contributed by atoms with E-state index in [2.05, 4.69) is 22.0 Å². The SMILES string of the molecule is Cc1ccc(N2CC(CBr)CC2=O)cc1C#N. The maximum atomic E-state index is 11.9.